The van der Waals surface area contributed by atoms with Crippen LogP contribution in [0.4, 0.5) is 0 Å². The first-order valence-corrected chi connectivity index (χ1v) is 13.2. The Hall–Kier alpha value is -4.40. The normalized spacial score (nSPS) is 13.8. The standard InChI is InChI=1S/C26H42N8O7/c1-14(2)12-17(27)22(37)34-20(13-15-5-7-16(35)8-6-15)24(39)32-18(9-10-21(28)36)23(38)33-19(25(40)41)4-3-11-31-26(29)30/h5-8,14,17-20,35H,3-4,9-13,27H2,1-2H3,(H2,28,36)(H,32,39)(H,33,38)(H,34,37)(H,40,41)(H4,29,30,31). The number of carboxylic acids is 1. The van der Waals surface area contributed by atoms with Gasteiger partial charge in [-0.25, -0.2) is 4.79 Å². The number of phenolic OH excluding ortho intramolecular Hbond substituents is 1. The van der Waals surface area contributed by atoms with E-state index in [4.69, 9.17) is 22.9 Å². The van der Waals surface area contributed by atoms with E-state index in [0.29, 0.717) is 12.0 Å². The molecule has 0 aliphatic heterocycles. The Morgan fingerprint density at radius 1 is 0.854 bits per heavy atom. The number of aliphatic imine (C=N–C) groups is 1. The molecule has 0 aliphatic carbocycles. The third-order valence-corrected chi connectivity index (χ3v) is 5.94. The number of phenols is 1. The number of hydrogen-bond donors (Lipinski definition) is 9. The molecule has 4 unspecified atom stereocenters. The fraction of sp³-hybridized carbons (Fsp3) is 0.538. The number of aliphatic carboxylic acids is 1. The van der Waals surface area contributed by atoms with Crippen LogP contribution in [-0.2, 0) is 30.4 Å². The lowest BCUT2D eigenvalue weighted by molar-refractivity contribution is -0.142. The molecular formula is C26H42N8O7. The van der Waals surface area contributed by atoms with Crippen LogP contribution in [0.1, 0.15) is 51.5 Å². The molecule has 4 amide bonds. The summed E-state index contributed by atoms with van der Waals surface area (Å²) in [5, 5.41) is 26.6. The third kappa shape index (κ3) is 14.0. The molecular weight excluding hydrogens is 536 g/mol. The van der Waals surface area contributed by atoms with Gasteiger partial charge in [0.25, 0.3) is 0 Å². The smallest absolute Gasteiger partial charge is 0.326 e. The number of benzene rings is 1. The van der Waals surface area contributed by atoms with Crippen molar-refractivity contribution in [1.82, 2.24) is 16.0 Å². The highest BCUT2D eigenvalue weighted by Gasteiger charge is 2.30. The summed E-state index contributed by atoms with van der Waals surface area (Å²) >= 11 is 0. The molecule has 41 heavy (non-hydrogen) atoms. The summed E-state index contributed by atoms with van der Waals surface area (Å²) in [7, 11) is 0. The molecule has 15 nitrogen and oxygen atoms in total. The Morgan fingerprint density at radius 3 is 1.95 bits per heavy atom. The van der Waals surface area contributed by atoms with Crippen molar-refractivity contribution in [3.8, 4) is 5.75 Å². The van der Waals surface area contributed by atoms with Crippen LogP contribution >= 0.6 is 0 Å². The average Bonchev–Trinajstić information content (AvgIpc) is 2.87. The van der Waals surface area contributed by atoms with Gasteiger partial charge in [0, 0.05) is 19.4 Å². The van der Waals surface area contributed by atoms with Gasteiger partial charge in [-0.05, 0) is 49.3 Å². The monoisotopic (exact) mass is 578 g/mol. The van der Waals surface area contributed by atoms with Gasteiger partial charge in [0.15, 0.2) is 5.96 Å². The van der Waals surface area contributed by atoms with E-state index in [1.807, 2.05) is 13.8 Å². The zero-order valence-corrected chi connectivity index (χ0v) is 23.3. The molecule has 0 saturated carbocycles. The van der Waals surface area contributed by atoms with Crippen molar-refractivity contribution < 1.29 is 34.2 Å². The molecule has 1 rings (SSSR count). The zero-order chi connectivity index (χ0) is 31.1. The van der Waals surface area contributed by atoms with Crippen LogP contribution in [0.5, 0.6) is 5.75 Å². The maximum atomic E-state index is 13.4. The van der Waals surface area contributed by atoms with E-state index >= 15 is 0 Å². The highest BCUT2D eigenvalue weighted by atomic mass is 16.4. The molecule has 0 aliphatic rings. The first-order valence-electron chi connectivity index (χ1n) is 13.2. The third-order valence-electron chi connectivity index (χ3n) is 5.94. The van der Waals surface area contributed by atoms with Crippen molar-refractivity contribution in [2.75, 3.05) is 6.54 Å². The number of nitrogens with zero attached hydrogens (tertiary/aromatic N) is 1. The molecule has 0 radical (unpaired) electrons. The molecule has 228 valence electrons. The summed E-state index contributed by atoms with van der Waals surface area (Å²) in [5.74, 6) is -4.31. The minimum absolute atomic E-state index is 0.00668. The van der Waals surface area contributed by atoms with Crippen molar-refractivity contribution in [2.24, 2.45) is 33.8 Å². The van der Waals surface area contributed by atoms with Crippen molar-refractivity contribution in [2.45, 2.75) is 76.5 Å². The van der Waals surface area contributed by atoms with Crippen LogP contribution < -0.4 is 38.9 Å². The number of nitrogens with two attached hydrogens (primary N) is 4. The maximum absolute atomic E-state index is 13.4. The average molecular weight is 579 g/mol. The largest absolute Gasteiger partial charge is 0.508 e. The molecule has 0 bridgehead atoms. The summed E-state index contributed by atoms with van der Waals surface area (Å²) in [6, 6.07) is 1.19. The highest BCUT2D eigenvalue weighted by Crippen LogP contribution is 2.13. The second kappa shape index (κ2) is 17.3. The topological polar surface area (TPSA) is 278 Å². The van der Waals surface area contributed by atoms with Gasteiger partial charge in [0.1, 0.15) is 23.9 Å². The van der Waals surface area contributed by atoms with E-state index in [2.05, 4.69) is 20.9 Å². The zero-order valence-electron chi connectivity index (χ0n) is 23.3. The first-order chi connectivity index (χ1) is 19.2. The van der Waals surface area contributed by atoms with Crippen LogP contribution in [-0.4, -0.2) is 76.5 Å². The fourth-order valence-corrected chi connectivity index (χ4v) is 3.83. The molecule has 0 heterocycles. The fourth-order valence-electron chi connectivity index (χ4n) is 3.83. The summed E-state index contributed by atoms with van der Waals surface area (Å²) < 4.78 is 0. The minimum atomic E-state index is -1.35. The molecule has 0 fully saturated rings. The van der Waals surface area contributed by atoms with E-state index in [1.54, 1.807) is 12.1 Å². The number of carbonyl (C=O) groups excluding carboxylic acids is 4. The Labute approximate surface area is 238 Å². The van der Waals surface area contributed by atoms with Crippen molar-refractivity contribution in [3.05, 3.63) is 29.8 Å². The Kier molecular flexibility index (Phi) is 14.6. The Morgan fingerprint density at radius 2 is 1.41 bits per heavy atom. The van der Waals surface area contributed by atoms with Gasteiger partial charge in [0.2, 0.25) is 23.6 Å². The quantitative estimate of drug-likeness (QED) is 0.0533. The number of carbonyl (C=O) groups is 5. The van der Waals surface area contributed by atoms with Gasteiger partial charge in [-0.2, -0.15) is 0 Å². The number of hydrogen-bond acceptors (Lipinski definition) is 8. The molecule has 0 saturated heterocycles. The Balaban J connectivity index is 3.13. The van der Waals surface area contributed by atoms with Gasteiger partial charge in [-0.1, -0.05) is 26.0 Å². The Bertz CT molecular complexity index is 1070. The van der Waals surface area contributed by atoms with Crippen LogP contribution in [0.25, 0.3) is 0 Å². The van der Waals surface area contributed by atoms with Gasteiger partial charge in [0.05, 0.1) is 6.04 Å². The maximum Gasteiger partial charge on any atom is 0.326 e. The number of guanidine groups is 1. The number of amides is 4. The van der Waals surface area contributed by atoms with Crippen molar-refractivity contribution in [3.63, 3.8) is 0 Å². The lowest BCUT2D eigenvalue weighted by atomic mass is 10.0. The summed E-state index contributed by atoms with van der Waals surface area (Å²) in [6.45, 7) is 3.92. The predicted molar refractivity (Wildman–Crippen MR) is 151 cm³/mol. The van der Waals surface area contributed by atoms with E-state index in [0.717, 1.165) is 0 Å². The number of primary amides is 1. The van der Waals surface area contributed by atoms with Crippen LogP contribution in [0.3, 0.4) is 0 Å². The van der Waals surface area contributed by atoms with E-state index in [-0.39, 0.29) is 56.3 Å². The lowest BCUT2D eigenvalue weighted by Crippen LogP contribution is -2.57. The number of rotatable bonds is 18. The number of nitrogens with one attached hydrogen (secondary N) is 3. The van der Waals surface area contributed by atoms with Crippen LogP contribution in [0.15, 0.2) is 29.3 Å². The molecule has 13 N–H and O–H groups in total. The summed E-state index contributed by atoms with van der Waals surface area (Å²) in [5.41, 5.74) is 22.3. The first kappa shape index (κ1) is 34.6. The van der Waals surface area contributed by atoms with Gasteiger partial charge in [-0.3, -0.25) is 24.2 Å². The predicted octanol–water partition coefficient (Wildman–Crippen LogP) is -1.83. The van der Waals surface area contributed by atoms with E-state index < -0.39 is 53.8 Å². The summed E-state index contributed by atoms with van der Waals surface area (Å²) in [6.07, 6.45) is 0.0724. The van der Waals surface area contributed by atoms with Crippen molar-refractivity contribution >= 4 is 35.6 Å². The van der Waals surface area contributed by atoms with E-state index in [1.165, 1.54) is 12.1 Å². The van der Waals surface area contributed by atoms with Gasteiger partial charge >= 0.3 is 5.97 Å². The molecule has 15 heteroatoms. The van der Waals surface area contributed by atoms with Crippen LogP contribution in [0.2, 0.25) is 0 Å². The molecule has 1 aromatic carbocycles. The van der Waals surface area contributed by atoms with Crippen LogP contribution in [0, 0.1) is 5.92 Å². The number of aromatic hydroxyl groups is 1. The van der Waals surface area contributed by atoms with Gasteiger partial charge < -0.3 is 49.1 Å². The second-order valence-electron chi connectivity index (χ2n) is 10.1. The SMILES string of the molecule is CC(C)CC(N)C(=O)NC(Cc1ccc(O)cc1)C(=O)NC(CCC(N)=O)C(=O)NC(CCCN=C(N)N)C(=O)O. The van der Waals surface area contributed by atoms with Gasteiger partial charge in [-0.15, -0.1) is 0 Å². The minimum Gasteiger partial charge on any atom is -0.508 e. The molecule has 4 atom stereocenters. The number of carboxylic acid groups (broad SMARTS) is 1. The molecule has 0 spiro atoms. The second-order valence-corrected chi connectivity index (χ2v) is 10.1. The highest BCUT2D eigenvalue weighted by molar-refractivity contribution is 5.94. The lowest BCUT2D eigenvalue weighted by Gasteiger charge is -2.25. The van der Waals surface area contributed by atoms with Crippen molar-refractivity contribution in [1.29, 1.82) is 0 Å². The summed E-state index contributed by atoms with van der Waals surface area (Å²) in [4.78, 5) is 66.2. The molecule has 0 aromatic heterocycles. The van der Waals surface area contributed by atoms with E-state index in [9.17, 15) is 34.2 Å². The molecule has 1 aromatic rings.